The van der Waals surface area contributed by atoms with E-state index in [0.717, 1.165) is 43.2 Å². The van der Waals surface area contributed by atoms with Crippen LogP contribution in [-0.4, -0.2) is 32.4 Å². The predicted molar refractivity (Wildman–Crippen MR) is 104 cm³/mol. The first kappa shape index (κ1) is 20.0. The average molecular weight is 348 g/mol. The summed E-state index contributed by atoms with van der Waals surface area (Å²) >= 11 is 0. The first-order valence-corrected chi connectivity index (χ1v) is 10.1. The third kappa shape index (κ3) is 6.46. The van der Waals surface area contributed by atoms with E-state index in [9.17, 15) is 0 Å². The van der Waals surface area contributed by atoms with Gasteiger partial charge in [-0.3, -0.25) is 0 Å². The average Bonchev–Trinajstić information content (AvgIpc) is 3.24. The van der Waals surface area contributed by atoms with Crippen molar-refractivity contribution in [2.24, 2.45) is 11.8 Å². The number of aryl methyl sites for hydroxylation is 2. The number of allylic oxidation sites excluding steroid dienone is 1. The Bertz CT molecular complexity index is 511. The normalized spacial score (nSPS) is 21.2. The Kier molecular flexibility index (Phi) is 7.94. The number of nitrogens with one attached hydrogen (secondary N) is 1. The maximum Gasteiger partial charge on any atom is 0.132 e. The largest absolute Gasteiger partial charge is 0.318 e. The van der Waals surface area contributed by atoms with Crippen molar-refractivity contribution >= 4 is 0 Å². The molecular weight excluding hydrogens is 310 g/mol. The molecular formula is C20H37N5. The molecule has 1 unspecified atom stereocenters. The molecule has 0 spiro atoms. The molecule has 4 rings (SSSR count). The summed E-state index contributed by atoms with van der Waals surface area (Å²) in [5, 5.41) is 10.1. The van der Waals surface area contributed by atoms with Crippen LogP contribution in [0.2, 0.25) is 0 Å². The minimum Gasteiger partial charge on any atom is -0.318 e. The van der Waals surface area contributed by atoms with Crippen molar-refractivity contribution in [1.29, 1.82) is 0 Å². The van der Waals surface area contributed by atoms with Gasteiger partial charge in [0.25, 0.3) is 0 Å². The molecule has 1 fully saturated rings. The van der Waals surface area contributed by atoms with E-state index in [1.807, 2.05) is 0 Å². The van der Waals surface area contributed by atoms with Crippen LogP contribution in [0.25, 0.3) is 0 Å². The van der Waals surface area contributed by atoms with Crippen LogP contribution in [0, 0.1) is 11.8 Å². The van der Waals surface area contributed by atoms with Gasteiger partial charge in [0.15, 0.2) is 0 Å². The molecule has 0 bridgehead atoms. The summed E-state index contributed by atoms with van der Waals surface area (Å²) < 4.78 is 2.10. The summed E-state index contributed by atoms with van der Waals surface area (Å²) in [7, 11) is 0. The number of hydrazine groups is 1. The number of hydrogen-bond acceptors (Lipinski definition) is 4. The zero-order valence-electron chi connectivity index (χ0n) is 16.8. The van der Waals surface area contributed by atoms with Gasteiger partial charge in [-0.15, -0.1) is 10.2 Å². The monoisotopic (exact) mass is 347 g/mol. The highest BCUT2D eigenvalue weighted by Gasteiger charge is 2.27. The van der Waals surface area contributed by atoms with Gasteiger partial charge in [-0.1, -0.05) is 34.6 Å². The molecule has 3 aliphatic heterocycles. The fourth-order valence-corrected chi connectivity index (χ4v) is 3.53. The Morgan fingerprint density at radius 1 is 1.16 bits per heavy atom. The first-order valence-electron chi connectivity index (χ1n) is 10.1. The molecule has 1 aromatic heterocycles. The number of aromatic nitrogens is 3. The Labute approximate surface area is 153 Å². The van der Waals surface area contributed by atoms with Gasteiger partial charge < -0.3 is 9.58 Å². The third-order valence-electron chi connectivity index (χ3n) is 4.48. The fourth-order valence-electron chi connectivity index (χ4n) is 3.53. The molecule has 142 valence electrons. The van der Waals surface area contributed by atoms with Gasteiger partial charge in [-0.05, 0) is 50.0 Å². The second-order valence-corrected chi connectivity index (χ2v) is 8.38. The maximum atomic E-state index is 3.91. The van der Waals surface area contributed by atoms with Gasteiger partial charge in [0.05, 0.1) is 0 Å². The molecule has 1 saturated heterocycles. The van der Waals surface area contributed by atoms with Crippen LogP contribution < -0.4 is 5.43 Å². The molecule has 0 amide bonds. The van der Waals surface area contributed by atoms with Crippen LogP contribution in [-0.2, 0) is 13.0 Å². The summed E-state index contributed by atoms with van der Waals surface area (Å²) in [4.78, 5) is 0. The molecule has 1 aromatic rings. The summed E-state index contributed by atoms with van der Waals surface area (Å²) in [6.07, 6.45) is 11.8. The zero-order valence-corrected chi connectivity index (χ0v) is 16.8. The summed E-state index contributed by atoms with van der Waals surface area (Å²) in [5.41, 5.74) is 4.99. The molecule has 0 saturated carbocycles. The van der Waals surface area contributed by atoms with E-state index >= 15 is 0 Å². The van der Waals surface area contributed by atoms with Crippen molar-refractivity contribution < 1.29 is 0 Å². The minimum absolute atomic E-state index is 0.752. The van der Waals surface area contributed by atoms with Gasteiger partial charge in [0, 0.05) is 31.2 Å². The molecule has 1 N–H and O–H groups in total. The Morgan fingerprint density at radius 3 is 2.60 bits per heavy atom. The molecule has 5 nitrogen and oxygen atoms in total. The lowest BCUT2D eigenvalue weighted by atomic mass is 9.94. The van der Waals surface area contributed by atoms with Crippen LogP contribution >= 0.6 is 0 Å². The Hall–Kier alpha value is -1.36. The van der Waals surface area contributed by atoms with E-state index in [4.69, 9.17) is 0 Å². The van der Waals surface area contributed by atoms with E-state index < -0.39 is 0 Å². The fraction of sp³-hybridized carbons (Fsp3) is 0.800. The van der Waals surface area contributed by atoms with E-state index in [0.29, 0.717) is 0 Å². The molecule has 0 aliphatic carbocycles. The van der Waals surface area contributed by atoms with Gasteiger partial charge in [0.1, 0.15) is 12.2 Å². The quantitative estimate of drug-likeness (QED) is 0.872. The van der Waals surface area contributed by atoms with Crippen molar-refractivity contribution in [3.8, 4) is 0 Å². The zero-order chi connectivity index (χ0) is 18.2. The molecule has 5 heteroatoms. The number of fused-ring (bicyclic) bond motifs is 2. The highest BCUT2D eigenvalue weighted by molar-refractivity contribution is 5.10. The first-order chi connectivity index (χ1) is 12.0. The third-order valence-corrected chi connectivity index (χ3v) is 4.48. The summed E-state index contributed by atoms with van der Waals surface area (Å²) in [6.45, 7) is 13.3. The summed E-state index contributed by atoms with van der Waals surface area (Å²) in [6, 6.07) is 0.752. The molecule has 3 aliphatic rings. The highest BCUT2D eigenvalue weighted by Crippen LogP contribution is 2.29. The summed E-state index contributed by atoms with van der Waals surface area (Å²) in [5.74, 6) is 2.79. The van der Waals surface area contributed by atoms with Gasteiger partial charge in [0.2, 0.25) is 0 Å². The minimum atomic E-state index is 0.752. The van der Waals surface area contributed by atoms with Crippen LogP contribution in [0.5, 0.6) is 0 Å². The van der Waals surface area contributed by atoms with Crippen molar-refractivity contribution in [3.63, 3.8) is 0 Å². The SMILES string of the molecule is CC(C)C.CC(C)CC1CCCC2=CCNN21.c1nnc2n1CCC2. The number of nitrogens with zero attached hydrogens (tertiary/aromatic N) is 4. The van der Waals surface area contributed by atoms with Crippen LogP contribution in [0.3, 0.4) is 0 Å². The smallest absolute Gasteiger partial charge is 0.132 e. The van der Waals surface area contributed by atoms with Crippen molar-refractivity contribution in [2.75, 3.05) is 6.54 Å². The molecule has 0 radical (unpaired) electrons. The van der Waals surface area contributed by atoms with E-state index in [1.165, 1.54) is 37.8 Å². The highest BCUT2D eigenvalue weighted by atomic mass is 15.5. The Balaban J connectivity index is 0.000000159. The van der Waals surface area contributed by atoms with E-state index in [-0.39, 0.29) is 0 Å². The number of hydrogen-bond donors (Lipinski definition) is 1. The van der Waals surface area contributed by atoms with Crippen molar-refractivity contribution in [2.45, 2.75) is 85.7 Å². The van der Waals surface area contributed by atoms with Gasteiger partial charge in [-0.2, -0.15) is 0 Å². The number of piperidine rings is 1. The topological polar surface area (TPSA) is 46.0 Å². The van der Waals surface area contributed by atoms with Gasteiger partial charge in [-0.25, -0.2) is 5.43 Å². The lowest BCUT2D eigenvalue weighted by Crippen LogP contribution is -2.43. The molecule has 0 aromatic carbocycles. The van der Waals surface area contributed by atoms with Crippen LogP contribution in [0.15, 0.2) is 18.1 Å². The molecule has 1 atom stereocenters. The van der Waals surface area contributed by atoms with Crippen LogP contribution in [0.1, 0.15) is 72.5 Å². The number of rotatable bonds is 2. The van der Waals surface area contributed by atoms with Crippen LogP contribution in [0.4, 0.5) is 0 Å². The standard InChI is InChI=1S/C11H20N2.C5H7N3.C4H10/c1-9(2)8-11-5-3-4-10-6-7-12-13(10)11;1-2-5-7-6-4-8(5)3-1;1-4(2)3/h6,9,11-12H,3-5,7-8H2,1-2H3;4H,1-3H2;4H,1-3H3. The second kappa shape index (κ2) is 9.95. The maximum absolute atomic E-state index is 3.91. The predicted octanol–water partition coefficient (Wildman–Crippen LogP) is 4.18. The second-order valence-electron chi connectivity index (χ2n) is 8.38. The molecule has 4 heterocycles. The van der Waals surface area contributed by atoms with Crippen molar-refractivity contribution in [1.82, 2.24) is 25.2 Å². The van der Waals surface area contributed by atoms with Gasteiger partial charge >= 0.3 is 0 Å². The van der Waals surface area contributed by atoms with E-state index in [1.54, 1.807) is 6.33 Å². The van der Waals surface area contributed by atoms with Crippen molar-refractivity contribution in [3.05, 3.63) is 23.9 Å². The van der Waals surface area contributed by atoms with E-state index in [2.05, 4.69) is 65.9 Å². The Morgan fingerprint density at radius 2 is 1.92 bits per heavy atom. The lowest BCUT2D eigenvalue weighted by molar-refractivity contribution is 0.137. The molecule has 25 heavy (non-hydrogen) atoms. The lowest BCUT2D eigenvalue weighted by Gasteiger charge is -2.37.